The smallest absolute Gasteiger partial charge is 0.407 e. The summed E-state index contributed by atoms with van der Waals surface area (Å²) in [6.07, 6.45) is 0.338. The molecule has 2 atom stereocenters. The van der Waals surface area contributed by atoms with Crippen LogP contribution in [0.2, 0.25) is 0 Å². The van der Waals surface area contributed by atoms with E-state index in [1.807, 2.05) is 19.9 Å². The minimum absolute atomic E-state index is 0.0308. The first-order valence-corrected chi connectivity index (χ1v) is 7.52. The molecule has 1 fully saturated rings. The van der Waals surface area contributed by atoms with Crippen LogP contribution in [0.4, 0.5) is 4.79 Å². The van der Waals surface area contributed by atoms with Gasteiger partial charge in [0.1, 0.15) is 12.2 Å². The molecular formula is C14H17NO4S. The molecule has 6 heteroatoms. The van der Waals surface area contributed by atoms with Crippen molar-refractivity contribution in [2.45, 2.75) is 38.3 Å². The Balaban J connectivity index is 1.97. The number of ether oxygens (including phenoxy) is 1. The molecule has 0 aromatic carbocycles. The normalized spacial score (nSPS) is 29.6. The van der Waals surface area contributed by atoms with Crippen molar-refractivity contribution < 1.29 is 19.4 Å². The monoisotopic (exact) mass is 295 g/mol. The van der Waals surface area contributed by atoms with E-state index >= 15 is 0 Å². The van der Waals surface area contributed by atoms with Gasteiger partial charge in [0.25, 0.3) is 0 Å². The van der Waals surface area contributed by atoms with Crippen molar-refractivity contribution in [1.82, 2.24) is 4.90 Å². The third-order valence-corrected chi connectivity index (χ3v) is 5.44. The van der Waals surface area contributed by atoms with E-state index in [2.05, 4.69) is 0 Å². The number of fused-ring (bicyclic) bond motifs is 2. The molecule has 2 aliphatic rings. The molecule has 5 nitrogen and oxygen atoms in total. The molecule has 1 saturated heterocycles. The van der Waals surface area contributed by atoms with Gasteiger partial charge in [-0.1, -0.05) is 0 Å². The lowest BCUT2D eigenvalue weighted by Gasteiger charge is -2.45. The van der Waals surface area contributed by atoms with Gasteiger partial charge < -0.3 is 14.7 Å². The second-order valence-electron chi connectivity index (χ2n) is 5.59. The van der Waals surface area contributed by atoms with Gasteiger partial charge in [-0.2, -0.15) is 0 Å². The number of Topliss-reactive ketones (excluding diaryl/α,β-unsaturated/α-hetero) is 1. The van der Waals surface area contributed by atoms with Gasteiger partial charge in [0, 0.05) is 34.3 Å². The van der Waals surface area contributed by atoms with E-state index in [1.165, 1.54) is 4.90 Å². The number of carbonyl (C=O) groups is 2. The minimum atomic E-state index is -0.887. The Hall–Kier alpha value is -1.40. The van der Waals surface area contributed by atoms with Gasteiger partial charge in [0.15, 0.2) is 5.78 Å². The quantitative estimate of drug-likeness (QED) is 0.799. The lowest BCUT2D eigenvalue weighted by molar-refractivity contribution is -0.0932. The highest BCUT2D eigenvalue weighted by atomic mass is 32.1. The van der Waals surface area contributed by atoms with E-state index in [9.17, 15) is 14.7 Å². The third-order valence-electron chi connectivity index (χ3n) is 4.21. The van der Waals surface area contributed by atoms with E-state index in [0.717, 1.165) is 15.3 Å². The molecule has 0 aliphatic carbocycles. The van der Waals surface area contributed by atoms with Crippen molar-refractivity contribution >= 4 is 23.2 Å². The summed E-state index contributed by atoms with van der Waals surface area (Å²) < 4.78 is 5.90. The predicted octanol–water partition coefficient (Wildman–Crippen LogP) is 2.63. The van der Waals surface area contributed by atoms with Crippen LogP contribution in [0, 0.1) is 6.92 Å². The lowest BCUT2D eigenvalue weighted by atomic mass is 9.82. The number of carbonyl (C=O) groups excluding carboxylic acids is 1. The first-order valence-electron chi connectivity index (χ1n) is 6.70. The van der Waals surface area contributed by atoms with E-state index < -0.39 is 11.7 Å². The number of carboxylic acid groups (broad SMARTS) is 1. The highest BCUT2D eigenvalue weighted by Crippen LogP contribution is 2.46. The number of aryl methyl sites for hydroxylation is 1. The highest BCUT2D eigenvalue weighted by Gasteiger charge is 2.47. The largest absolute Gasteiger partial charge is 0.465 e. The van der Waals surface area contributed by atoms with Crippen molar-refractivity contribution in [3.63, 3.8) is 0 Å². The number of piperidine rings is 1. The fraction of sp³-hybridized carbons (Fsp3) is 0.571. The molecule has 1 N–H and O–H groups in total. The standard InChI is InChI=1S/C14H17NO4S/c1-8-6-14(3-4-15(8)13(17)18)12-10(5-9(2)20-12)11(16)7-19-14/h5,8H,3-4,6-7H2,1-2H3,(H,17,18)/t8-,14+/m0/s1. The van der Waals surface area contributed by atoms with Crippen molar-refractivity contribution in [3.8, 4) is 0 Å². The van der Waals surface area contributed by atoms with Crippen molar-refractivity contribution in [1.29, 1.82) is 0 Å². The van der Waals surface area contributed by atoms with Crippen molar-refractivity contribution in [3.05, 3.63) is 21.4 Å². The van der Waals surface area contributed by atoms with Gasteiger partial charge in [0.05, 0.1) is 0 Å². The molecule has 1 amide bonds. The maximum Gasteiger partial charge on any atom is 0.407 e. The number of amides is 1. The Labute approximate surface area is 121 Å². The van der Waals surface area contributed by atoms with Crippen molar-refractivity contribution in [2.75, 3.05) is 13.2 Å². The van der Waals surface area contributed by atoms with Crippen LogP contribution in [0.5, 0.6) is 0 Å². The molecule has 20 heavy (non-hydrogen) atoms. The minimum Gasteiger partial charge on any atom is -0.465 e. The summed E-state index contributed by atoms with van der Waals surface area (Å²) in [7, 11) is 0. The Morgan fingerprint density at radius 1 is 1.60 bits per heavy atom. The first-order chi connectivity index (χ1) is 9.43. The first kappa shape index (κ1) is 13.6. The molecule has 1 aromatic rings. The van der Waals surface area contributed by atoms with Gasteiger partial charge in [-0.3, -0.25) is 4.79 Å². The summed E-state index contributed by atoms with van der Waals surface area (Å²) in [5, 5.41) is 9.17. The zero-order valence-electron chi connectivity index (χ0n) is 11.5. The van der Waals surface area contributed by atoms with Crippen molar-refractivity contribution in [2.24, 2.45) is 0 Å². The summed E-state index contributed by atoms with van der Waals surface area (Å²) in [5.41, 5.74) is 0.294. The van der Waals surface area contributed by atoms with E-state index in [0.29, 0.717) is 19.4 Å². The molecule has 0 unspecified atom stereocenters. The predicted molar refractivity (Wildman–Crippen MR) is 74.4 cm³/mol. The molecule has 2 aliphatic heterocycles. The summed E-state index contributed by atoms with van der Waals surface area (Å²) in [6.45, 7) is 4.43. The zero-order chi connectivity index (χ0) is 14.5. The lowest BCUT2D eigenvalue weighted by Crippen LogP contribution is -2.52. The number of rotatable bonds is 0. The highest BCUT2D eigenvalue weighted by molar-refractivity contribution is 7.12. The van der Waals surface area contributed by atoms with Crippen LogP contribution in [0.25, 0.3) is 0 Å². The Morgan fingerprint density at radius 2 is 2.35 bits per heavy atom. The van der Waals surface area contributed by atoms with Gasteiger partial charge in [-0.25, -0.2) is 4.79 Å². The third kappa shape index (κ3) is 1.94. The van der Waals surface area contributed by atoms with Gasteiger partial charge >= 0.3 is 6.09 Å². The van der Waals surface area contributed by atoms with Crippen LogP contribution < -0.4 is 0 Å². The molecular weight excluding hydrogens is 278 g/mol. The summed E-state index contributed by atoms with van der Waals surface area (Å²) >= 11 is 1.60. The molecule has 108 valence electrons. The van der Waals surface area contributed by atoms with Crippen LogP contribution >= 0.6 is 11.3 Å². The van der Waals surface area contributed by atoms with Gasteiger partial charge in [-0.15, -0.1) is 11.3 Å². The van der Waals surface area contributed by atoms with Crippen LogP contribution in [0.15, 0.2) is 6.07 Å². The van der Waals surface area contributed by atoms with Crippen LogP contribution in [-0.2, 0) is 10.3 Å². The maximum absolute atomic E-state index is 12.0. The zero-order valence-corrected chi connectivity index (χ0v) is 12.3. The number of thiophene rings is 1. The average Bonchev–Trinajstić information content (AvgIpc) is 2.78. The topological polar surface area (TPSA) is 66.8 Å². The SMILES string of the molecule is Cc1cc2c(s1)[C@]1(CCN(C(=O)O)[C@@H](C)C1)OCC2=O. The second-order valence-corrected chi connectivity index (χ2v) is 6.84. The Morgan fingerprint density at radius 3 is 3.00 bits per heavy atom. The average molecular weight is 295 g/mol. The second kappa shape index (κ2) is 4.56. The van der Waals surface area contributed by atoms with E-state index in [1.54, 1.807) is 11.3 Å². The molecule has 1 aromatic heterocycles. The summed E-state index contributed by atoms with van der Waals surface area (Å²) in [4.78, 5) is 26.7. The van der Waals surface area contributed by atoms with Crippen LogP contribution in [-0.4, -0.2) is 41.1 Å². The number of likely N-dealkylation sites (tertiary alicyclic amines) is 1. The molecule has 3 rings (SSSR count). The van der Waals surface area contributed by atoms with Crippen LogP contribution in [0.1, 0.15) is 39.9 Å². The molecule has 0 saturated carbocycles. The van der Waals surface area contributed by atoms with Gasteiger partial charge in [-0.05, 0) is 26.3 Å². The number of hydrogen-bond acceptors (Lipinski definition) is 4. The molecule has 0 radical (unpaired) electrons. The fourth-order valence-corrected chi connectivity index (χ4v) is 4.45. The molecule has 3 heterocycles. The Kier molecular flexibility index (Phi) is 3.10. The number of hydrogen-bond donors (Lipinski definition) is 1. The molecule has 0 bridgehead atoms. The summed E-state index contributed by atoms with van der Waals surface area (Å²) in [5.74, 6) is 0.0308. The maximum atomic E-state index is 12.0. The Bertz CT molecular complexity index is 582. The van der Waals surface area contributed by atoms with E-state index in [4.69, 9.17) is 4.74 Å². The molecule has 1 spiro atoms. The number of ketones is 1. The van der Waals surface area contributed by atoms with E-state index in [-0.39, 0.29) is 18.4 Å². The fourth-order valence-electron chi connectivity index (χ4n) is 3.24. The number of nitrogens with zero attached hydrogens (tertiary/aromatic N) is 1. The van der Waals surface area contributed by atoms with Gasteiger partial charge in [0.2, 0.25) is 0 Å². The van der Waals surface area contributed by atoms with Crippen LogP contribution in [0.3, 0.4) is 0 Å². The summed E-state index contributed by atoms with van der Waals surface area (Å²) in [6, 6.07) is 1.82.